The Balaban J connectivity index is 1.59. The summed E-state index contributed by atoms with van der Waals surface area (Å²) >= 11 is 0. The first-order chi connectivity index (χ1) is 17.5. The average Bonchev–Trinajstić information content (AvgIpc) is 2.89. The smallest absolute Gasteiger partial charge is 0.251 e. The van der Waals surface area contributed by atoms with Gasteiger partial charge < -0.3 is 15.7 Å². The van der Waals surface area contributed by atoms with Gasteiger partial charge in [-0.3, -0.25) is 4.79 Å². The Morgan fingerprint density at radius 3 is 2.38 bits per heavy atom. The molecule has 4 N–H and O–H groups in total. The summed E-state index contributed by atoms with van der Waals surface area (Å²) in [5.74, 6) is -0.132. The van der Waals surface area contributed by atoms with Crippen LogP contribution in [0.5, 0.6) is 0 Å². The van der Waals surface area contributed by atoms with Crippen LogP contribution in [0.2, 0.25) is 0 Å². The third-order valence-corrected chi connectivity index (χ3v) is 8.48. The largest absolute Gasteiger partial charge is 0.389 e. The molecule has 0 radical (unpaired) electrons. The Labute approximate surface area is 219 Å². The van der Waals surface area contributed by atoms with Gasteiger partial charge in [-0.05, 0) is 73.2 Å². The number of aryl methyl sites for hydroxylation is 1. The van der Waals surface area contributed by atoms with Crippen LogP contribution in [0.25, 0.3) is 0 Å². The highest BCUT2D eigenvalue weighted by Gasteiger charge is 2.43. The van der Waals surface area contributed by atoms with Crippen LogP contribution in [0.1, 0.15) is 66.7 Å². The Morgan fingerprint density at radius 1 is 1.05 bits per heavy atom. The molecule has 7 nitrogen and oxygen atoms in total. The number of amides is 1. The molecule has 0 fully saturated rings. The summed E-state index contributed by atoms with van der Waals surface area (Å²) in [6, 6.07) is 20.8. The molecule has 3 aromatic rings. The van der Waals surface area contributed by atoms with Crippen LogP contribution in [0.3, 0.4) is 0 Å². The molecule has 3 aromatic carbocycles. The summed E-state index contributed by atoms with van der Waals surface area (Å²) in [7, 11) is -3.93. The molecule has 8 heteroatoms. The maximum absolute atomic E-state index is 13.3. The van der Waals surface area contributed by atoms with Gasteiger partial charge in [-0.25, -0.2) is 13.1 Å². The van der Waals surface area contributed by atoms with E-state index in [1.54, 1.807) is 42.5 Å². The van der Waals surface area contributed by atoms with Crippen molar-refractivity contribution in [3.8, 4) is 0 Å². The molecule has 1 aliphatic heterocycles. The van der Waals surface area contributed by atoms with Crippen molar-refractivity contribution in [1.82, 2.24) is 10.0 Å². The number of benzene rings is 3. The first-order valence-corrected chi connectivity index (χ1v) is 14.0. The van der Waals surface area contributed by atoms with E-state index in [9.17, 15) is 18.3 Å². The fourth-order valence-electron chi connectivity index (χ4n) is 4.60. The monoisotopic (exact) mass is 521 g/mol. The molecule has 196 valence electrons. The number of rotatable bonds is 8. The van der Waals surface area contributed by atoms with Crippen molar-refractivity contribution < 1.29 is 18.3 Å². The topological polar surface area (TPSA) is 108 Å². The Hall–Kier alpha value is -3.20. The number of sulfonamides is 1. The van der Waals surface area contributed by atoms with Gasteiger partial charge in [0.1, 0.15) is 0 Å². The van der Waals surface area contributed by atoms with Crippen molar-refractivity contribution in [1.29, 1.82) is 0 Å². The van der Waals surface area contributed by atoms with Gasteiger partial charge in [0.05, 0.1) is 22.6 Å². The molecule has 1 heterocycles. The SMILES string of the molecule is CCc1ccc(S(=O)(=O)N[C@@H]2c3cc(C(=O)NC[C@H](C)c4ccccc4)ccc3NC(C)(C)[C@H]2O)cc1. The molecule has 4 rings (SSSR count). The lowest BCUT2D eigenvalue weighted by Gasteiger charge is -2.43. The van der Waals surface area contributed by atoms with Crippen LogP contribution in [-0.4, -0.2) is 37.6 Å². The molecule has 0 unspecified atom stereocenters. The molecular formula is C29H35N3O4S. The normalized spacial score (nSPS) is 19.4. The number of hydrogen-bond donors (Lipinski definition) is 4. The van der Waals surface area contributed by atoms with E-state index in [0.29, 0.717) is 23.4 Å². The maximum atomic E-state index is 13.3. The molecule has 3 atom stereocenters. The number of carbonyl (C=O) groups is 1. The average molecular weight is 522 g/mol. The number of aliphatic hydroxyl groups is 1. The van der Waals surface area contributed by atoms with Gasteiger partial charge in [0.2, 0.25) is 10.0 Å². The zero-order chi connectivity index (χ0) is 26.8. The van der Waals surface area contributed by atoms with Crippen LogP contribution in [0.4, 0.5) is 5.69 Å². The van der Waals surface area contributed by atoms with E-state index in [-0.39, 0.29) is 16.7 Å². The van der Waals surface area contributed by atoms with E-state index in [1.165, 1.54) is 0 Å². The summed E-state index contributed by atoms with van der Waals surface area (Å²) in [5, 5.41) is 17.4. The number of aliphatic hydroxyl groups excluding tert-OH is 1. The predicted octanol–water partition coefficient (Wildman–Crippen LogP) is 4.37. The van der Waals surface area contributed by atoms with Crippen molar-refractivity contribution in [3.63, 3.8) is 0 Å². The van der Waals surface area contributed by atoms with Crippen LogP contribution in [0, 0.1) is 0 Å². The molecule has 0 bridgehead atoms. The second-order valence-corrected chi connectivity index (χ2v) is 11.9. The summed E-state index contributed by atoms with van der Waals surface area (Å²) < 4.78 is 29.2. The highest BCUT2D eigenvalue weighted by atomic mass is 32.2. The van der Waals surface area contributed by atoms with E-state index in [0.717, 1.165) is 17.5 Å². The first-order valence-electron chi connectivity index (χ1n) is 12.6. The molecule has 37 heavy (non-hydrogen) atoms. The molecule has 1 aliphatic rings. The van der Waals surface area contributed by atoms with Gasteiger partial charge in [0.15, 0.2) is 0 Å². The first kappa shape index (κ1) is 26.9. The number of nitrogens with one attached hydrogen (secondary N) is 3. The zero-order valence-electron chi connectivity index (χ0n) is 21.7. The molecule has 0 spiro atoms. The molecule has 0 aromatic heterocycles. The minimum atomic E-state index is -3.93. The maximum Gasteiger partial charge on any atom is 0.251 e. The summed E-state index contributed by atoms with van der Waals surface area (Å²) in [4.78, 5) is 13.1. The lowest BCUT2D eigenvalue weighted by molar-refractivity contribution is 0.0769. The third-order valence-electron chi connectivity index (χ3n) is 7.02. The van der Waals surface area contributed by atoms with Crippen molar-refractivity contribution in [2.45, 2.75) is 62.6 Å². The molecule has 0 saturated heterocycles. The van der Waals surface area contributed by atoms with Crippen molar-refractivity contribution >= 4 is 21.6 Å². The molecule has 1 amide bonds. The van der Waals surface area contributed by atoms with E-state index in [4.69, 9.17) is 0 Å². The van der Waals surface area contributed by atoms with Crippen molar-refractivity contribution in [3.05, 3.63) is 95.1 Å². The van der Waals surface area contributed by atoms with Gasteiger partial charge in [-0.1, -0.05) is 56.3 Å². The minimum Gasteiger partial charge on any atom is -0.389 e. The molecular weight excluding hydrogens is 486 g/mol. The zero-order valence-corrected chi connectivity index (χ0v) is 22.5. The summed E-state index contributed by atoms with van der Waals surface area (Å²) in [6.45, 7) is 8.12. The van der Waals surface area contributed by atoms with Crippen LogP contribution >= 0.6 is 0 Å². The number of fused-ring (bicyclic) bond motifs is 1. The quantitative estimate of drug-likeness (QED) is 0.352. The van der Waals surface area contributed by atoms with E-state index >= 15 is 0 Å². The minimum absolute atomic E-state index is 0.124. The van der Waals surface area contributed by atoms with E-state index < -0.39 is 27.7 Å². The van der Waals surface area contributed by atoms with Crippen molar-refractivity contribution in [2.24, 2.45) is 0 Å². The fourth-order valence-corrected chi connectivity index (χ4v) is 5.82. The number of hydrogen-bond acceptors (Lipinski definition) is 5. The lowest BCUT2D eigenvalue weighted by atomic mass is 9.82. The lowest BCUT2D eigenvalue weighted by Crippen LogP contribution is -2.54. The third kappa shape index (κ3) is 5.87. The van der Waals surface area contributed by atoms with Crippen molar-refractivity contribution in [2.75, 3.05) is 11.9 Å². The van der Waals surface area contributed by atoms with E-state index in [1.807, 2.05) is 58.0 Å². The van der Waals surface area contributed by atoms with Gasteiger partial charge in [-0.15, -0.1) is 0 Å². The van der Waals surface area contributed by atoms with Crippen LogP contribution < -0.4 is 15.4 Å². The van der Waals surface area contributed by atoms with E-state index in [2.05, 4.69) is 15.4 Å². The molecule has 0 saturated carbocycles. The van der Waals surface area contributed by atoms with Crippen LogP contribution in [-0.2, 0) is 16.4 Å². The number of anilines is 1. The summed E-state index contributed by atoms with van der Waals surface area (Å²) in [5.41, 5.74) is 2.93. The number of carbonyl (C=O) groups excluding carboxylic acids is 1. The Morgan fingerprint density at radius 2 is 1.73 bits per heavy atom. The fraction of sp³-hybridized carbons (Fsp3) is 0.345. The Kier molecular flexibility index (Phi) is 7.73. The predicted molar refractivity (Wildman–Crippen MR) is 146 cm³/mol. The van der Waals surface area contributed by atoms with Gasteiger partial charge in [0.25, 0.3) is 5.91 Å². The van der Waals surface area contributed by atoms with Gasteiger partial charge in [0, 0.05) is 17.8 Å². The second kappa shape index (κ2) is 10.7. The highest BCUT2D eigenvalue weighted by Crippen LogP contribution is 2.39. The molecule has 0 aliphatic carbocycles. The van der Waals surface area contributed by atoms with Gasteiger partial charge in [-0.2, -0.15) is 0 Å². The Bertz CT molecular complexity index is 1360. The summed E-state index contributed by atoms with van der Waals surface area (Å²) in [6.07, 6.45) is -0.279. The standard InChI is InChI=1S/C29H35N3O4S/c1-5-20-11-14-23(15-12-20)37(35,36)32-26-24-17-22(13-16-25(24)31-29(3,4)27(26)33)28(34)30-18-19(2)21-9-7-6-8-10-21/h6-17,19,26-27,31-33H,5,18H2,1-4H3,(H,30,34)/t19-,26+,27-/m0/s1. The van der Waals surface area contributed by atoms with Gasteiger partial charge >= 0.3 is 0 Å². The highest BCUT2D eigenvalue weighted by molar-refractivity contribution is 7.89. The second-order valence-electron chi connectivity index (χ2n) is 10.2. The van der Waals surface area contributed by atoms with Crippen LogP contribution in [0.15, 0.2) is 77.7 Å².